The van der Waals surface area contributed by atoms with Gasteiger partial charge in [0.05, 0.1) is 0 Å². The van der Waals surface area contributed by atoms with Crippen LogP contribution in [0.3, 0.4) is 0 Å². The monoisotopic (exact) mass is 302 g/mol. The Bertz CT molecular complexity index is 328. The lowest BCUT2D eigenvalue weighted by molar-refractivity contribution is -0.156. The maximum atomic E-state index is 11.9. The molecule has 0 amide bonds. The van der Waals surface area contributed by atoms with E-state index in [0.717, 1.165) is 12.8 Å². The van der Waals surface area contributed by atoms with Crippen LogP contribution in [0.2, 0.25) is 0 Å². The summed E-state index contributed by atoms with van der Waals surface area (Å²) in [6, 6.07) is 0. The topological polar surface area (TPSA) is 43.4 Å². The fourth-order valence-corrected chi connectivity index (χ4v) is 3.14. The first-order valence-electron chi connectivity index (χ1n) is 7.78. The van der Waals surface area contributed by atoms with E-state index >= 15 is 0 Å². The van der Waals surface area contributed by atoms with Gasteiger partial charge in [-0.1, -0.05) is 27.2 Å². The lowest BCUT2D eigenvalue weighted by Crippen LogP contribution is -2.35. The molecule has 0 radical (unpaired) electrons. The van der Waals surface area contributed by atoms with Gasteiger partial charge in [-0.2, -0.15) is 0 Å². The van der Waals surface area contributed by atoms with Gasteiger partial charge in [0.2, 0.25) is 5.24 Å². The summed E-state index contributed by atoms with van der Waals surface area (Å²) in [4.78, 5) is 22.5. The highest BCUT2D eigenvalue weighted by Crippen LogP contribution is 2.35. The van der Waals surface area contributed by atoms with Crippen LogP contribution < -0.4 is 0 Å². The quantitative estimate of drug-likeness (QED) is 0.400. The zero-order chi connectivity index (χ0) is 15.1. The molecule has 0 aromatic carbocycles. The lowest BCUT2D eigenvalue weighted by Gasteiger charge is -2.36. The van der Waals surface area contributed by atoms with Gasteiger partial charge in [0.1, 0.15) is 6.10 Å². The van der Waals surface area contributed by atoms with E-state index in [9.17, 15) is 9.59 Å². The molecule has 1 saturated carbocycles. The van der Waals surface area contributed by atoms with Crippen molar-refractivity contribution in [1.82, 2.24) is 0 Å². The highest BCUT2D eigenvalue weighted by Gasteiger charge is 2.33. The number of halogens is 1. The van der Waals surface area contributed by atoms with E-state index in [-0.39, 0.29) is 17.3 Å². The Labute approximate surface area is 127 Å². The predicted octanol–water partition coefficient (Wildman–Crippen LogP) is 4.32. The third kappa shape index (κ3) is 6.25. The van der Waals surface area contributed by atoms with Crippen LogP contribution in [-0.2, 0) is 14.3 Å². The first-order chi connectivity index (χ1) is 9.40. The van der Waals surface area contributed by atoms with Crippen molar-refractivity contribution >= 4 is 22.8 Å². The Balaban J connectivity index is 2.35. The van der Waals surface area contributed by atoms with E-state index in [2.05, 4.69) is 20.8 Å². The van der Waals surface area contributed by atoms with Crippen LogP contribution in [0.25, 0.3) is 0 Å². The van der Waals surface area contributed by atoms with Gasteiger partial charge in [0.15, 0.2) is 0 Å². The van der Waals surface area contributed by atoms with Crippen LogP contribution in [0.15, 0.2) is 0 Å². The molecule has 1 fully saturated rings. The molecule has 0 aromatic rings. The number of carbonyl (C=O) groups excluding carboxylic acids is 2. The molecule has 3 atom stereocenters. The van der Waals surface area contributed by atoms with E-state index < -0.39 is 0 Å². The Morgan fingerprint density at radius 3 is 2.45 bits per heavy atom. The second-order valence-electron chi connectivity index (χ2n) is 6.42. The molecule has 0 aromatic heterocycles. The van der Waals surface area contributed by atoms with Crippen molar-refractivity contribution in [2.45, 2.75) is 71.8 Å². The fraction of sp³-hybridized carbons (Fsp3) is 0.875. The molecule has 3 nitrogen and oxygen atoms in total. The Morgan fingerprint density at radius 1 is 1.20 bits per heavy atom. The highest BCUT2D eigenvalue weighted by atomic mass is 35.5. The second kappa shape index (κ2) is 8.66. The number of hydrogen-bond donors (Lipinski definition) is 0. The molecular formula is C16H27ClO3. The van der Waals surface area contributed by atoms with Gasteiger partial charge >= 0.3 is 5.97 Å². The molecule has 1 aliphatic carbocycles. The summed E-state index contributed by atoms with van der Waals surface area (Å²) in [5, 5.41) is -0.334. The van der Waals surface area contributed by atoms with Gasteiger partial charge in [-0.3, -0.25) is 9.59 Å². The average molecular weight is 303 g/mol. The van der Waals surface area contributed by atoms with Gasteiger partial charge in [0.25, 0.3) is 0 Å². The van der Waals surface area contributed by atoms with Crippen LogP contribution in [0.1, 0.15) is 65.7 Å². The van der Waals surface area contributed by atoms with Crippen LogP contribution in [0.4, 0.5) is 0 Å². The number of unbranched alkanes of at least 4 members (excludes halogenated alkanes) is 1. The van der Waals surface area contributed by atoms with Crippen molar-refractivity contribution in [3.63, 3.8) is 0 Å². The third-order valence-corrected chi connectivity index (χ3v) is 4.44. The number of esters is 1. The van der Waals surface area contributed by atoms with E-state index in [4.69, 9.17) is 16.3 Å². The van der Waals surface area contributed by atoms with Crippen molar-refractivity contribution < 1.29 is 14.3 Å². The second-order valence-corrected chi connectivity index (χ2v) is 6.84. The Hall–Kier alpha value is -0.570. The zero-order valence-electron chi connectivity index (χ0n) is 12.9. The molecule has 4 heteroatoms. The SMILES string of the molecule is CC1CCC(C(C)C)C(OC(=O)CCCCC(=O)Cl)C1. The number of ether oxygens (including phenoxy) is 1. The van der Waals surface area contributed by atoms with Gasteiger partial charge in [0, 0.05) is 12.8 Å². The molecular weight excluding hydrogens is 276 g/mol. The van der Waals surface area contributed by atoms with Crippen molar-refractivity contribution in [3.05, 3.63) is 0 Å². The minimum Gasteiger partial charge on any atom is -0.462 e. The molecule has 116 valence electrons. The normalized spacial score (nSPS) is 26.6. The molecule has 3 unspecified atom stereocenters. The van der Waals surface area contributed by atoms with Crippen molar-refractivity contribution in [2.24, 2.45) is 17.8 Å². The zero-order valence-corrected chi connectivity index (χ0v) is 13.6. The standard InChI is InChI=1S/C16H27ClO3/c1-11(2)13-9-8-12(3)10-14(13)20-16(19)7-5-4-6-15(17)18/h11-14H,4-10H2,1-3H3. The lowest BCUT2D eigenvalue weighted by atomic mass is 9.75. The highest BCUT2D eigenvalue weighted by molar-refractivity contribution is 6.63. The largest absolute Gasteiger partial charge is 0.462 e. The minimum atomic E-state index is -0.334. The smallest absolute Gasteiger partial charge is 0.306 e. The summed E-state index contributed by atoms with van der Waals surface area (Å²) in [5.74, 6) is 1.54. The summed E-state index contributed by atoms with van der Waals surface area (Å²) in [6.45, 7) is 6.63. The van der Waals surface area contributed by atoms with Crippen LogP contribution in [0, 0.1) is 17.8 Å². The number of hydrogen-bond acceptors (Lipinski definition) is 3. The van der Waals surface area contributed by atoms with E-state index in [1.807, 2.05) is 0 Å². The van der Waals surface area contributed by atoms with Crippen LogP contribution >= 0.6 is 11.6 Å². The van der Waals surface area contributed by atoms with Crippen LogP contribution in [0.5, 0.6) is 0 Å². The molecule has 0 aliphatic heterocycles. The van der Waals surface area contributed by atoms with Crippen molar-refractivity contribution in [3.8, 4) is 0 Å². The first-order valence-corrected chi connectivity index (χ1v) is 8.15. The van der Waals surface area contributed by atoms with Crippen molar-refractivity contribution in [2.75, 3.05) is 0 Å². The van der Waals surface area contributed by atoms with Gasteiger partial charge in [-0.05, 0) is 55.0 Å². The number of carbonyl (C=O) groups is 2. The summed E-state index contributed by atoms with van der Waals surface area (Å²) in [5.41, 5.74) is 0. The Morgan fingerprint density at radius 2 is 1.85 bits per heavy atom. The molecule has 0 N–H and O–H groups in total. The van der Waals surface area contributed by atoms with E-state index in [0.29, 0.717) is 43.4 Å². The predicted molar refractivity (Wildman–Crippen MR) is 80.6 cm³/mol. The summed E-state index contributed by atoms with van der Waals surface area (Å²) in [6.07, 6.45) is 5.49. The maximum Gasteiger partial charge on any atom is 0.306 e. The molecule has 20 heavy (non-hydrogen) atoms. The molecule has 0 bridgehead atoms. The third-order valence-electron chi connectivity index (χ3n) is 4.25. The minimum absolute atomic E-state index is 0.0703. The summed E-state index contributed by atoms with van der Waals surface area (Å²) >= 11 is 5.26. The van der Waals surface area contributed by atoms with Gasteiger partial charge < -0.3 is 4.74 Å². The summed E-state index contributed by atoms with van der Waals surface area (Å²) in [7, 11) is 0. The average Bonchev–Trinajstić information content (AvgIpc) is 2.34. The summed E-state index contributed by atoms with van der Waals surface area (Å²) < 4.78 is 5.69. The molecule has 0 spiro atoms. The van der Waals surface area contributed by atoms with Crippen LogP contribution in [-0.4, -0.2) is 17.3 Å². The van der Waals surface area contributed by atoms with Crippen molar-refractivity contribution in [1.29, 1.82) is 0 Å². The number of rotatable bonds is 7. The molecule has 0 saturated heterocycles. The molecule has 1 rings (SSSR count). The Kier molecular flexibility index (Phi) is 7.57. The molecule has 1 aliphatic rings. The van der Waals surface area contributed by atoms with E-state index in [1.165, 1.54) is 6.42 Å². The molecule has 0 heterocycles. The first kappa shape index (κ1) is 17.5. The van der Waals surface area contributed by atoms with Gasteiger partial charge in [-0.25, -0.2) is 0 Å². The maximum absolute atomic E-state index is 11.9. The van der Waals surface area contributed by atoms with E-state index in [1.54, 1.807) is 0 Å². The fourth-order valence-electron chi connectivity index (χ4n) is 3.01. The van der Waals surface area contributed by atoms with Gasteiger partial charge in [-0.15, -0.1) is 0 Å².